The summed E-state index contributed by atoms with van der Waals surface area (Å²) in [6, 6.07) is 0. The number of halogens is 4. The van der Waals surface area contributed by atoms with Gasteiger partial charge in [0.2, 0.25) is 5.95 Å². The number of hydrogen-bond donors (Lipinski definition) is 1. The zero-order valence-electron chi connectivity index (χ0n) is 8.42. The van der Waals surface area contributed by atoms with Gasteiger partial charge in [0.05, 0.1) is 12.6 Å². The third-order valence-electron chi connectivity index (χ3n) is 1.84. The predicted molar refractivity (Wildman–Crippen MR) is 50.3 cm³/mol. The van der Waals surface area contributed by atoms with Crippen LogP contribution in [0.25, 0.3) is 0 Å². The number of anilines is 2. The average molecular weight is 238 g/mol. The minimum absolute atomic E-state index is 0.185. The van der Waals surface area contributed by atoms with Crippen molar-refractivity contribution in [3.05, 3.63) is 12.0 Å². The fourth-order valence-electron chi connectivity index (χ4n) is 1.04. The van der Waals surface area contributed by atoms with Crippen LogP contribution in [-0.2, 0) is 0 Å². The van der Waals surface area contributed by atoms with E-state index < -0.39 is 25.0 Å². The van der Waals surface area contributed by atoms with Gasteiger partial charge in [0, 0.05) is 13.6 Å². The monoisotopic (exact) mass is 238 g/mol. The summed E-state index contributed by atoms with van der Waals surface area (Å²) in [6.07, 6.45) is -4.52. The van der Waals surface area contributed by atoms with Gasteiger partial charge in [0.25, 0.3) is 0 Å². The molecule has 0 bridgehead atoms. The lowest BCUT2D eigenvalue weighted by molar-refractivity contribution is -0.132. The van der Waals surface area contributed by atoms with Crippen LogP contribution in [0.3, 0.4) is 0 Å². The van der Waals surface area contributed by atoms with E-state index in [0.717, 1.165) is 11.1 Å². The topological polar surface area (TPSA) is 55.0 Å². The quantitative estimate of drug-likeness (QED) is 0.812. The van der Waals surface area contributed by atoms with Gasteiger partial charge in [-0.3, -0.25) is 0 Å². The lowest BCUT2D eigenvalue weighted by atomic mass is 10.4. The summed E-state index contributed by atoms with van der Waals surface area (Å²) < 4.78 is 48.9. The van der Waals surface area contributed by atoms with Crippen molar-refractivity contribution < 1.29 is 17.6 Å². The fraction of sp³-hybridized carbons (Fsp3) is 0.500. The first-order chi connectivity index (χ1) is 7.29. The molecule has 0 atom stereocenters. The van der Waals surface area contributed by atoms with Crippen molar-refractivity contribution in [3.63, 3.8) is 0 Å². The SMILES string of the molecule is CN(CCC(F)(F)F)c1nc(N)ncc1F. The molecule has 0 aliphatic heterocycles. The summed E-state index contributed by atoms with van der Waals surface area (Å²) in [5.74, 6) is -1.23. The fourth-order valence-corrected chi connectivity index (χ4v) is 1.04. The van der Waals surface area contributed by atoms with E-state index in [1.165, 1.54) is 7.05 Å². The molecule has 0 saturated carbocycles. The number of nitrogens with two attached hydrogens (primary N) is 1. The number of hydrogen-bond acceptors (Lipinski definition) is 4. The van der Waals surface area contributed by atoms with Crippen LogP contribution in [0.1, 0.15) is 6.42 Å². The summed E-state index contributed by atoms with van der Waals surface area (Å²) in [6.45, 7) is -0.392. The van der Waals surface area contributed by atoms with E-state index in [4.69, 9.17) is 5.73 Å². The Kier molecular flexibility index (Phi) is 3.51. The van der Waals surface area contributed by atoms with Gasteiger partial charge in [-0.05, 0) is 0 Å². The third kappa shape index (κ3) is 3.52. The van der Waals surface area contributed by atoms with E-state index in [9.17, 15) is 17.6 Å². The molecule has 0 saturated heterocycles. The van der Waals surface area contributed by atoms with Crippen LogP contribution in [0, 0.1) is 5.82 Å². The van der Waals surface area contributed by atoms with Crippen LogP contribution in [-0.4, -0.2) is 29.7 Å². The van der Waals surface area contributed by atoms with Crippen molar-refractivity contribution in [2.75, 3.05) is 24.2 Å². The number of nitrogens with zero attached hydrogens (tertiary/aromatic N) is 3. The van der Waals surface area contributed by atoms with E-state index >= 15 is 0 Å². The molecule has 1 rings (SSSR count). The first kappa shape index (κ1) is 12.5. The molecule has 0 amide bonds. The number of nitrogen functional groups attached to an aromatic ring is 1. The normalized spacial score (nSPS) is 11.6. The molecule has 0 unspecified atom stereocenters. The van der Waals surface area contributed by atoms with Gasteiger partial charge in [-0.2, -0.15) is 18.2 Å². The third-order valence-corrected chi connectivity index (χ3v) is 1.84. The smallest absolute Gasteiger partial charge is 0.368 e. The number of alkyl halides is 3. The average Bonchev–Trinajstić information content (AvgIpc) is 2.17. The van der Waals surface area contributed by atoms with Gasteiger partial charge < -0.3 is 10.6 Å². The van der Waals surface area contributed by atoms with E-state index in [2.05, 4.69) is 9.97 Å². The molecule has 4 nitrogen and oxygen atoms in total. The van der Waals surface area contributed by atoms with Crippen molar-refractivity contribution in [1.82, 2.24) is 9.97 Å². The van der Waals surface area contributed by atoms with Crippen LogP contribution in [0.4, 0.5) is 29.3 Å². The lowest BCUT2D eigenvalue weighted by Crippen LogP contribution is -2.26. The highest BCUT2D eigenvalue weighted by Crippen LogP contribution is 2.22. The van der Waals surface area contributed by atoms with Crippen LogP contribution in [0.15, 0.2) is 6.20 Å². The summed E-state index contributed by atoms with van der Waals surface area (Å²) in [5.41, 5.74) is 5.21. The minimum atomic E-state index is -4.29. The van der Waals surface area contributed by atoms with E-state index in [1.54, 1.807) is 0 Å². The van der Waals surface area contributed by atoms with Gasteiger partial charge >= 0.3 is 6.18 Å². The summed E-state index contributed by atoms with van der Waals surface area (Å²) in [7, 11) is 1.30. The second-order valence-electron chi connectivity index (χ2n) is 3.19. The summed E-state index contributed by atoms with van der Waals surface area (Å²) in [5, 5.41) is 0. The van der Waals surface area contributed by atoms with Crippen molar-refractivity contribution in [2.24, 2.45) is 0 Å². The van der Waals surface area contributed by atoms with Gasteiger partial charge in [-0.25, -0.2) is 9.37 Å². The Bertz CT molecular complexity index is 366. The zero-order chi connectivity index (χ0) is 12.3. The van der Waals surface area contributed by atoms with Crippen molar-refractivity contribution >= 4 is 11.8 Å². The lowest BCUT2D eigenvalue weighted by Gasteiger charge is -2.19. The molecular weight excluding hydrogens is 228 g/mol. The van der Waals surface area contributed by atoms with Crippen LogP contribution in [0.2, 0.25) is 0 Å². The van der Waals surface area contributed by atoms with Gasteiger partial charge in [-0.15, -0.1) is 0 Å². The largest absolute Gasteiger partial charge is 0.390 e. The molecule has 0 radical (unpaired) electrons. The van der Waals surface area contributed by atoms with Crippen molar-refractivity contribution in [2.45, 2.75) is 12.6 Å². The molecule has 0 aliphatic rings. The zero-order valence-corrected chi connectivity index (χ0v) is 8.42. The molecule has 90 valence electrons. The van der Waals surface area contributed by atoms with Crippen molar-refractivity contribution in [1.29, 1.82) is 0 Å². The Balaban J connectivity index is 2.73. The molecule has 0 aromatic carbocycles. The highest BCUT2D eigenvalue weighted by atomic mass is 19.4. The van der Waals surface area contributed by atoms with E-state index in [1.807, 2.05) is 0 Å². The highest BCUT2D eigenvalue weighted by Gasteiger charge is 2.27. The predicted octanol–water partition coefficient (Wildman–Crippen LogP) is 1.59. The molecule has 8 heteroatoms. The Hall–Kier alpha value is -1.60. The summed E-state index contributed by atoms with van der Waals surface area (Å²) >= 11 is 0. The maximum Gasteiger partial charge on any atom is 0.390 e. The molecule has 0 fully saturated rings. The Labute approximate surface area is 89.1 Å². The maximum atomic E-state index is 13.1. The Morgan fingerprint density at radius 1 is 1.44 bits per heavy atom. The second kappa shape index (κ2) is 4.50. The van der Waals surface area contributed by atoms with Crippen LogP contribution >= 0.6 is 0 Å². The first-order valence-corrected chi connectivity index (χ1v) is 4.35. The van der Waals surface area contributed by atoms with Crippen LogP contribution in [0.5, 0.6) is 0 Å². The molecular formula is C8H10F4N4. The Morgan fingerprint density at radius 3 is 2.62 bits per heavy atom. The van der Waals surface area contributed by atoms with Gasteiger partial charge in [0.1, 0.15) is 0 Å². The standard InChI is InChI=1S/C8H10F4N4/c1-16(3-2-8(10,11)12)6-5(9)4-14-7(13)15-6/h4H,2-3H2,1H3,(H2,13,14,15). The molecule has 1 aromatic rings. The number of aromatic nitrogens is 2. The molecule has 1 heterocycles. The van der Waals surface area contributed by atoms with Crippen LogP contribution < -0.4 is 10.6 Å². The maximum absolute atomic E-state index is 13.1. The second-order valence-corrected chi connectivity index (χ2v) is 3.19. The van der Waals surface area contributed by atoms with Gasteiger partial charge in [0.15, 0.2) is 11.6 Å². The first-order valence-electron chi connectivity index (χ1n) is 4.35. The highest BCUT2D eigenvalue weighted by molar-refractivity contribution is 5.41. The molecule has 0 spiro atoms. The van der Waals surface area contributed by atoms with E-state index in [0.29, 0.717) is 0 Å². The molecule has 16 heavy (non-hydrogen) atoms. The Morgan fingerprint density at radius 2 is 2.06 bits per heavy atom. The van der Waals surface area contributed by atoms with E-state index in [-0.39, 0.29) is 11.8 Å². The summed E-state index contributed by atoms with van der Waals surface area (Å²) in [4.78, 5) is 7.94. The minimum Gasteiger partial charge on any atom is -0.368 e. The van der Waals surface area contributed by atoms with Crippen molar-refractivity contribution in [3.8, 4) is 0 Å². The molecule has 2 N–H and O–H groups in total. The molecule has 1 aromatic heterocycles. The number of rotatable bonds is 3. The van der Waals surface area contributed by atoms with Gasteiger partial charge in [-0.1, -0.05) is 0 Å². The molecule has 0 aliphatic carbocycles.